The Bertz CT molecular complexity index is 930. The number of nitrogen functional groups attached to an aromatic ring is 1. The Kier molecular flexibility index (Phi) is 5.92. The van der Waals surface area contributed by atoms with Crippen molar-refractivity contribution in [1.29, 1.82) is 0 Å². The second-order valence-electron chi connectivity index (χ2n) is 5.72. The third kappa shape index (κ3) is 5.20. The quantitative estimate of drug-likeness (QED) is 0.478. The van der Waals surface area contributed by atoms with Crippen LogP contribution >= 0.6 is 11.8 Å². The van der Waals surface area contributed by atoms with Crippen molar-refractivity contribution < 1.29 is 13.9 Å². The van der Waals surface area contributed by atoms with Gasteiger partial charge in [-0.3, -0.25) is 4.79 Å². The molecule has 0 aliphatic rings. The number of benzene rings is 2. The van der Waals surface area contributed by atoms with Crippen LogP contribution in [0.25, 0.3) is 0 Å². The van der Waals surface area contributed by atoms with Crippen LogP contribution in [0.2, 0.25) is 0 Å². The van der Waals surface area contributed by atoms with E-state index in [1.165, 1.54) is 40.7 Å². The molecule has 3 N–H and O–H groups in total. The second-order valence-corrected chi connectivity index (χ2v) is 6.66. The lowest BCUT2D eigenvalue weighted by Gasteiger charge is -2.07. The van der Waals surface area contributed by atoms with Crippen LogP contribution in [0.3, 0.4) is 0 Å². The standard InChI is InChI=1S/C18H18FN5O2S/c1-12-3-2-4-14(9-12)21-17(25)11-27-18-23-22-16(24(18)20)10-26-15-7-5-13(19)6-8-15/h2-9H,10-11,20H2,1H3,(H,21,25). The molecule has 0 bridgehead atoms. The third-order valence-electron chi connectivity index (χ3n) is 3.55. The minimum absolute atomic E-state index is 0.0746. The van der Waals surface area contributed by atoms with Gasteiger partial charge in [-0.1, -0.05) is 23.9 Å². The van der Waals surface area contributed by atoms with E-state index in [1.54, 1.807) is 0 Å². The van der Waals surface area contributed by atoms with Crippen LogP contribution in [-0.2, 0) is 11.4 Å². The minimum Gasteiger partial charge on any atom is -0.486 e. The molecule has 3 aromatic rings. The van der Waals surface area contributed by atoms with Gasteiger partial charge in [-0.15, -0.1) is 10.2 Å². The highest BCUT2D eigenvalue weighted by atomic mass is 32.2. The number of aromatic nitrogens is 3. The van der Waals surface area contributed by atoms with E-state index in [-0.39, 0.29) is 24.1 Å². The Morgan fingerprint density at radius 2 is 2.04 bits per heavy atom. The number of amides is 1. The molecule has 0 radical (unpaired) electrons. The summed E-state index contributed by atoms with van der Waals surface area (Å²) in [5.74, 6) is 6.46. The number of hydrogen-bond donors (Lipinski definition) is 2. The summed E-state index contributed by atoms with van der Waals surface area (Å²) in [6.45, 7) is 2.03. The van der Waals surface area contributed by atoms with Gasteiger partial charge in [-0.05, 0) is 48.9 Å². The lowest BCUT2D eigenvalue weighted by atomic mass is 10.2. The molecule has 3 rings (SSSR count). The van der Waals surface area contributed by atoms with Crippen LogP contribution in [-0.4, -0.2) is 26.5 Å². The van der Waals surface area contributed by atoms with Gasteiger partial charge in [0, 0.05) is 5.69 Å². The molecule has 9 heteroatoms. The number of nitrogens with one attached hydrogen (secondary N) is 1. The van der Waals surface area contributed by atoms with E-state index < -0.39 is 0 Å². The maximum atomic E-state index is 12.9. The number of nitrogens with zero attached hydrogens (tertiary/aromatic N) is 3. The fourth-order valence-corrected chi connectivity index (χ4v) is 2.91. The molecule has 0 spiro atoms. The first-order valence-electron chi connectivity index (χ1n) is 8.08. The summed E-state index contributed by atoms with van der Waals surface area (Å²) in [6, 6.07) is 13.2. The molecule has 1 aromatic heterocycles. The first-order valence-corrected chi connectivity index (χ1v) is 9.07. The fourth-order valence-electron chi connectivity index (χ4n) is 2.23. The maximum Gasteiger partial charge on any atom is 0.234 e. The highest BCUT2D eigenvalue weighted by molar-refractivity contribution is 7.99. The number of thioether (sulfide) groups is 1. The average Bonchev–Trinajstić information content (AvgIpc) is 2.99. The summed E-state index contributed by atoms with van der Waals surface area (Å²) in [7, 11) is 0. The van der Waals surface area contributed by atoms with E-state index in [4.69, 9.17) is 10.6 Å². The molecule has 0 saturated heterocycles. The molecule has 0 aliphatic carbocycles. The molecule has 0 aliphatic heterocycles. The first kappa shape index (κ1) is 18.7. The van der Waals surface area contributed by atoms with Gasteiger partial charge < -0.3 is 15.9 Å². The Morgan fingerprint density at radius 1 is 1.26 bits per heavy atom. The lowest BCUT2D eigenvalue weighted by Crippen LogP contribution is -2.18. The predicted octanol–water partition coefficient (Wildman–Crippen LogP) is 2.75. The van der Waals surface area contributed by atoms with Gasteiger partial charge in [-0.25, -0.2) is 9.07 Å². The molecule has 1 heterocycles. The van der Waals surface area contributed by atoms with E-state index in [0.717, 1.165) is 11.3 Å². The van der Waals surface area contributed by atoms with Gasteiger partial charge in [0.2, 0.25) is 11.1 Å². The normalized spacial score (nSPS) is 10.6. The zero-order valence-corrected chi connectivity index (χ0v) is 15.4. The zero-order valence-electron chi connectivity index (χ0n) is 14.6. The summed E-state index contributed by atoms with van der Waals surface area (Å²) < 4.78 is 19.7. The number of carbonyl (C=O) groups is 1. The average molecular weight is 387 g/mol. The van der Waals surface area contributed by atoms with Crippen LogP contribution in [0, 0.1) is 12.7 Å². The predicted molar refractivity (Wildman–Crippen MR) is 101 cm³/mol. The van der Waals surface area contributed by atoms with E-state index in [0.29, 0.717) is 16.7 Å². The van der Waals surface area contributed by atoms with Crippen molar-refractivity contribution >= 4 is 23.4 Å². The van der Waals surface area contributed by atoms with Gasteiger partial charge in [-0.2, -0.15) is 0 Å². The van der Waals surface area contributed by atoms with Gasteiger partial charge in [0.15, 0.2) is 5.82 Å². The second kappa shape index (κ2) is 8.54. The van der Waals surface area contributed by atoms with Crippen molar-refractivity contribution in [2.45, 2.75) is 18.7 Å². The molecule has 27 heavy (non-hydrogen) atoms. The smallest absolute Gasteiger partial charge is 0.234 e. The number of anilines is 1. The van der Waals surface area contributed by atoms with Crippen molar-refractivity contribution in [1.82, 2.24) is 14.9 Å². The molecular formula is C18H18FN5O2S. The van der Waals surface area contributed by atoms with Crippen LogP contribution in [0.1, 0.15) is 11.4 Å². The molecule has 0 saturated carbocycles. The molecule has 0 unspecified atom stereocenters. The number of hydrogen-bond acceptors (Lipinski definition) is 6. The third-order valence-corrected chi connectivity index (χ3v) is 4.49. The highest BCUT2D eigenvalue weighted by Gasteiger charge is 2.13. The molecule has 7 nitrogen and oxygen atoms in total. The van der Waals surface area contributed by atoms with Crippen molar-refractivity contribution in [2.75, 3.05) is 16.9 Å². The maximum absolute atomic E-state index is 12.9. The fraction of sp³-hybridized carbons (Fsp3) is 0.167. The molecule has 0 fully saturated rings. The van der Waals surface area contributed by atoms with E-state index >= 15 is 0 Å². The van der Waals surface area contributed by atoms with Crippen LogP contribution < -0.4 is 15.9 Å². The number of halogens is 1. The number of ether oxygens (including phenoxy) is 1. The zero-order chi connectivity index (χ0) is 19.2. The van der Waals surface area contributed by atoms with E-state index in [2.05, 4.69) is 15.5 Å². The summed E-state index contributed by atoms with van der Waals surface area (Å²) in [4.78, 5) is 12.1. The molecular weight excluding hydrogens is 369 g/mol. The SMILES string of the molecule is Cc1cccc(NC(=O)CSc2nnc(COc3ccc(F)cc3)n2N)c1. The lowest BCUT2D eigenvalue weighted by molar-refractivity contribution is -0.113. The van der Waals surface area contributed by atoms with Gasteiger partial charge >= 0.3 is 0 Å². The van der Waals surface area contributed by atoms with Gasteiger partial charge in [0.1, 0.15) is 18.2 Å². The molecule has 0 atom stereocenters. The van der Waals surface area contributed by atoms with Gasteiger partial charge in [0.25, 0.3) is 0 Å². The highest BCUT2D eigenvalue weighted by Crippen LogP contribution is 2.17. The van der Waals surface area contributed by atoms with Crippen molar-refractivity contribution in [2.24, 2.45) is 0 Å². The number of carbonyl (C=O) groups excluding carboxylic acids is 1. The summed E-state index contributed by atoms with van der Waals surface area (Å²) >= 11 is 1.17. The Balaban J connectivity index is 1.52. The van der Waals surface area contributed by atoms with Crippen molar-refractivity contribution in [3.8, 4) is 5.75 Å². The minimum atomic E-state index is -0.341. The largest absolute Gasteiger partial charge is 0.486 e. The Labute approximate surface area is 159 Å². The summed E-state index contributed by atoms with van der Waals surface area (Å²) in [5.41, 5.74) is 1.80. The monoisotopic (exact) mass is 387 g/mol. The Hall–Kier alpha value is -3.07. The van der Waals surface area contributed by atoms with Crippen LogP contribution in [0.5, 0.6) is 5.75 Å². The topological polar surface area (TPSA) is 95.1 Å². The number of aryl methyl sites for hydroxylation is 1. The Morgan fingerprint density at radius 3 is 2.78 bits per heavy atom. The van der Waals surface area contributed by atoms with E-state index in [1.807, 2.05) is 31.2 Å². The molecule has 2 aromatic carbocycles. The van der Waals surface area contributed by atoms with Gasteiger partial charge in [0.05, 0.1) is 5.75 Å². The molecule has 140 valence electrons. The van der Waals surface area contributed by atoms with E-state index in [9.17, 15) is 9.18 Å². The van der Waals surface area contributed by atoms with Crippen LogP contribution in [0.15, 0.2) is 53.7 Å². The van der Waals surface area contributed by atoms with Crippen LogP contribution in [0.4, 0.5) is 10.1 Å². The number of nitrogens with two attached hydrogens (primary N) is 1. The first-order chi connectivity index (χ1) is 13.0. The van der Waals surface area contributed by atoms with Crippen molar-refractivity contribution in [3.63, 3.8) is 0 Å². The summed E-state index contributed by atoms with van der Waals surface area (Å²) in [6.07, 6.45) is 0. The number of rotatable bonds is 7. The van der Waals surface area contributed by atoms with Crippen molar-refractivity contribution in [3.05, 3.63) is 65.7 Å². The summed E-state index contributed by atoms with van der Waals surface area (Å²) in [5, 5.41) is 11.1. The molecule has 1 amide bonds.